The van der Waals surface area contributed by atoms with Crippen molar-refractivity contribution in [3.05, 3.63) is 53.6 Å². The molecule has 4 aromatic rings. The highest BCUT2D eigenvalue weighted by Crippen LogP contribution is 2.31. The molecule has 0 saturated carbocycles. The third-order valence-corrected chi connectivity index (χ3v) is 5.42. The molecule has 0 spiro atoms. The van der Waals surface area contributed by atoms with Crippen molar-refractivity contribution in [2.24, 2.45) is 5.92 Å². The fourth-order valence-corrected chi connectivity index (χ4v) is 3.74. The Kier molecular flexibility index (Phi) is 6.35. The number of hydrogen-bond acceptors (Lipinski definition) is 7. The van der Waals surface area contributed by atoms with Crippen LogP contribution in [-0.2, 0) is 17.7 Å². The van der Waals surface area contributed by atoms with E-state index >= 15 is 0 Å². The first-order chi connectivity index (χ1) is 15.9. The van der Waals surface area contributed by atoms with Gasteiger partial charge in [0.2, 0.25) is 0 Å². The zero-order valence-electron chi connectivity index (χ0n) is 19.3. The molecular formula is C25H28N4O4. The number of fused-ring (bicyclic) bond motifs is 2. The van der Waals surface area contributed by atoms with Crippen molar-refractivity contribution in [1.29, 1.82) is 0 Å². The quantitative estimate of drug-likeness (QED) is 0.402. The van der Waals surface area contributed by atoms with Crippen molar-refractivity contribution >= 4 is 34.0 Å². The number of esters is 1. The summed E-state index contributed by atoms with van der Waals surface area (Å²) in [6, 6.07) is 13.3. The molecule has 0 atom stereocenters. The van der Waals surface area contributed by atoms with Crippen LogP contribution in [0.3, 0.4) is 0 Å². The lowest BCUT2D eigenvalue weighted by Crippen LogP contribution is -2.13. The van der Waals surface area contributed by atoms with Crippen molar-refractivity contribution in [2.45, 2.75) is 26.8 Å². The molecular weight excluding hydrogens is 420 g/mol. The molecule has 0 saturated heterocycles. The summed E-state index contributed by atoms with van der Waals surface area (Å²) in [6.45, 7) is 4.77. The standard InChI is InChI=1S/C25H28N4O4/c1-15(2)14-33-25(30)21-22-24(28-18-8-6-5-7-17(18)27-22)29(23(21)26)12-11-16-9-10-19(31-3)20(13-16)32-4/h5-10,13,15H,11-12,14,26H2,1-4H3. The molecule has 2 aromatic heterocycles. The maximum atomic E-state index is 12.9. The highest BCUT2D eigenvalue weighted by molar-refractivity contribution is 6.08. The minimum absolute atomic E-state index is 0.209. The third kappa shape index (κ3) is 4.41. The predicted octanol–water partition coefficient (Wildman–Crippen LogP) is 4.24. The maximum Gasteiger partial charge on any atom is 0.344 e. The number of nitrogens with zero attached hydrogens (tertiary/aromatic N) is 3. The molecule has 0 radical (unpaired) electrons. The second-order valence-electron chi connectivity index (χ2n) is 8.23. The lowest BCUT2D eigenvalue weighted by Gasteiger charge is -2.11. The largest absolute Gasteiger partial charge is 0.493 e. The van der Waals surface area contributed by atoms with E-state index in [2.05, 4.69) is 0 Å². The topological polar surface area (TPSA) is 101 Å². The average Bonchev–Trinajstić information content (AvgIpc) is 3.09. The SMILES string of the molecule is COc1ccc(CCn2c(N)c(C(=O)OCC(C)C)c3nc4ccccc4nc32)cc1OC. The van der Waals surface area contributed by atoms with E-state index in [9.17, 15) is 4.79 Å². The lowest BCUT2D eigenvalue weighted by atomic mass is 10.1. The number of ether oxygens (including phenoxy) is 3. The number of methoxy groups -OCH3 is 2. The molecule has 0 aliphatic rings. The summed E-state index contributed by atoms with van der Waals surface area (Å²) in [4.78, 5) is 22.4. The van der Waals surface area contributed by atoms with Crippen LogP contribution >= 0.6 is 0 Å². The van der Waals surface area contributed by atoms with Crippen LogP contribution in [0, 0.1) is 5.92 Å². The first kappa shape index (κ1) is 22.4. The Morgan fingerprint density at radius 3 is 2.39 bits per heavy atom. The molecule has 2 aromatic carbocycles. The molecule has 0 unspecified atom stereocenters. The monoisotopic (exact) mass is 448 g/mol. The number of aryl methyl sites for hydroxylation is 2. The Morgan fingerprint density at radius 2 is 1.73 bits per heavy atom. The van der Waals surface area contributed by atoms with Crippen LogP contribution in [0.1, 0.15) is 29.8 Å². The number of benzene rings is 2. The third-order valence-electron chi connectivity index (χ3n) is 5.42. The van der Waals surface area contributed by atoms with E-state index in [1.54, 1.807) is 14.2 Å². The summed E-state index contributed by atoms with van der Waals surface area (Å²) in [5.74, 6) is 1.35. The van der Waals surface area contributed by atoms with Crippen LogP contribution in [0.15, 0.2) is 42.5 Å². The van der Waals surface area contributed by atoms with E-state index in [0.29, 0.717) is 53.6 Å². The van der Waals surface area contributed by atoms with Gasteiger partial charge in [0, 0.05) is 6.54 Å². The van der Waals surface area contributed by atoms with Gasteiger partial charge in [0.05, 0.1) is 31.9 Å². The zero-order valence-corrected chi connectivity index (χ0v) is 19.3. The van der Waals surface area contributed by atoms with Gasteiger partial charge < -0.3 is 24.5 Å². The molecule has 2 heterocycles. The number of aromatic nitrogens is 3. The molecule has 0 aliphatic heterocycles. The van der Waals surface area contributed by atoms with Gasteiger partial charge in [0.15, 0.2) is 17.1 Å². The van der Waals surface area contributed by atoms with Crippen molar-refractivity contribution in [3.63, 3.8) is 0 Å². The Morgan fingerprint density at radius 1 is 1.03 bits per heavy atom. The molecule has 0 fully saturated rings. The number of hydrogen-bond donors (Lipinski definition) is 1. The van der Waals surface area contributed by atoms with Crippen molar-refractivity contribution in [3.8, 4) is 11.5 Å². The fourth-order valence-electron chi connectivity index (χ4n) is 3.74. The minimum atomic E-state index is -0.486. The second kappa shape index (κ2) is 9.36. The van der Waals surface area contributed by atoms with Crippen molar-refractivity contribution in [2.75, 3.05) is 26.6 Å². The molecule has 4 rings (SSSR count). The molecule has 33 heavy (non-hydrogen) atoms. The molecule has 8 nitrogen and oxygen atoms in total. The van der Waals surface area contributed by atoms with E-state index in [1.165, 1.54) is 0 Å². The van der Waals surface area contributed by atoms with E-state index < -0.39 is 5.97 Å². The lowest BCUT2D eigenvalue weighted by molar-refractivity contribution is 0.0462. The van der Waals surface area contributed by atoms with Crippen molar-refractivity contribution < 1.29 is 19.0 Å². The molecule has 0 bridgehead atoms. The van der Waals surface area contributed by atoms with Crippen LogP contribution in [0.5, 0.6) is 11.5 Å². The number of carbonyl (C=O) groups is 1. The van der Waals surface area contributed by atoms with Gasteiger partial charge in [-0.15, -0.1) is 0 Å². The Hall–Kier alpha value is -3.81. The van der Waals surface area contributed by atoms with Gasteiger partial charge >= 0.3 is 5.97 Å². The highest BCUT2D eigenvalue weighted by Gasteiger charge is 2.25. The molecule has 2 N–H and O–H groups in total. The number of nitrogen functional groups attached to an aromatic ring is 1. The fraction of sp³-hybridized carbons (Fsp3) is 0.320. The van der Waals surface area contributed by atoms with Crippen molar-refractivity contribution in [1.82, 2.24) is 14.5 Å². The number of nitrogens with two attached hydrogens (primary N) is 1. The molecule has 0 amide bonds. The van der Waals surface area contributed by atoms with Gasteiger partial charge in [-0.2, -0.15) is 0 Å². The number of rotatable bonds is 8. The van der Waals surface area contributed by atoms with E-state index in [1.807, 2.05) is 60.9 Å². The predicted molar refractivity (Wildman–Crippen MR) is 128 cm³/mol. The van der Waals surface area contributed by atoms with Gasteiger partial charge in [0.25, 0.3) is 0 Å². The molecule has 8 heteroatoms. The molecule has 172 valence electrons. The average molecular weight is 449 g/mol. The van der Waals surface area contributed by atoms with Crippen LogP contribution in [0.25, 0.3) is 22.2 Å². The van der Waals surface area contributed by atoms with Gasteiger partial charge in [0.1, 0.15) is 16.9 Å². The van der Waals surface area contributed by atoms with E-state index in [4.69, 9.17) is 29.9 Å². The first-order valence-electron chi connectivity index (χ1n) is 10.9. The van der Waals surface area contributed by atoms with Gasteiger partial charge in [-0.25, -0.2) is 14.8 Å². The summed E-state index contributed by atoms with van der Waals surface area (Å²) in [6.07, 6.45) is 0.642. The number of anilines is 1. The highest BCUT2D eigenvalue weighted by atomic mass is 16.5. The first-order valence-corrected chi connectivity index (χ1v) is 10.9. The summed E-state index contributed by atoms with van der Waals surface area (Å²) in [7, 11) is 3.21. The maximum absolute atomic E-state index is 12.9. The van der Waals surface area contributed by atoms with Crippen LogP contribution in [-0.4, -0.2) is 41.3 Å². The summed E-state index contributed by atoms with van der Waals surface area (Å²) in [5, 5.41) is 0. The van der Waals surface area contributed by atoms with Gasteiger partial charge in [-0.1, -0.05) is 32.0 Å². The van der Waals surface area contributed by atoms with Crippen LogP contribution < -0.4 is 15.2 Å². The van der Waals surface area contributed by atoms with Crippen LogP contribution in [0.2, 0.25) is 0 Å². The van der Waals surface area contributed by atoms with Gasteiger partial charge in [-0.3, -0.25) is 0 Å². The number of para-hydroxylation sites is 2. The minimum Gasteiger partial charge on any atom is -0.493 e. The Balaban J connectivity index is 1.76. The Labute approximate surface area is 192 Å². The smallest absolute Gasteiger partial charge is 0.344 e. The van der Waals surface area contributed by atoms with Gasteiger partial charge in [-0.05, 0) is 42.2 Å². The van der Waals surface area contributed by atoms with Crippen LogP contribution in [0.4, 0.5) is 5.82 Å². The Bertz CT molecular complexity index is 1310. The summed E-state index contributed by atoms with van der Waals surface area (Å²) >= 11 is 0. The number of carbonyl (C=O) groups excluding carboxylic acids is 1. The van der Waals surface area contributed by atoms with E-state index in [-0.39, 0.29) is 11.5 Å². The molecule has 0 aliphatic carbocycles. The van der Waals surface area contributed by atoms with E-state index in [0.717, 1.165) is 11.1 Å². The summed E-state index contributed by atoms with van der Waals surface area (Å²) < 4.78 is 18.1. The summed E-state index contributed by atoms with van der Waals surface area (Å²) in [5.41, 5.74) is 10.2. The zero-order chi connectivity index (χ0) is 23.5. The second-order valence-corrected chi connectivity index (χ2v) is 8.23. The normalized spacial score (nSPS) is 11.3.